The van der Waals surface area contributed by atoms with Gasteiger partial charge in [-0.1, -0.05) is 30.3 Å². The summed E-state index contributed by atoms with van der Waals surface area (Å²) < 4.78 is 5.24. The molecule has 1 aliphatic heterocycles. The van der Waals surface area contributed by atoms with Crippen molar-refractivity contribution >= 4 is 5.97 Å². The molecule has 2 N–H and O–H groups in total. The Morgan fingerprint density at radius 3 is 2.81 bits per heavy atom. The predicted octanol–water partition coefficient (Wildman–Crippen LogP) is 0.925. The Hall–Kier alpha value is -1.39. The Morgan fingerprint density at radius 1 is 1.44 bits per heavy atom. The third-order valence-electron chi connectivity index (χ3n) is 2.78. The van der Waals surface area contributed by atoms with Gasteiger partial charge in [0.1, 0.15) is 6.61 Å². The first-order valence-corrected chi connectivity index (χ1v) is 5.46. The van der Waals surface area contributed by atoms with Crippen molar-refractivity contribution in [3.8, 4) is 0 Å². The van der Waals surface area contributed by atoms with Crippen LogP contribution in [0.5, 0.6) is 0 Å². The maximum Gasteiger partial charge on any atom is 0.310 e. The molecule has 0 saturated carbocycles. The predicted molar refractivity (Wildman–Crippen MR) is 60.1 cm³/mol. The zero-order valence-electron chi connectivity index (χ0n) is 9.13. The Morgan fingerprint density at radius 2 is 2.19 bits per heavy atom. The molecule has 86 valence electrons. The minimum atomic E-state index is -0.142. The molecule has 1 aliphatic rings. The lowest BCUT2D eigenvalue weighted by atomic mass is 10.1. The number of hydrogen-bond donors (Lipinski definition) is 1. The zero-order chi connectivity index (χ0) is 11.4. The molecule has 1 fully saturated rings. The summed E-state index contributed by atoms with van der Waals surface area (Å²) in [6.45, 7) is 1.72. The molecule has 0 amide bonds. The van der Waals surface area contributed by atoms with Crippen LogP contribution < -0.4 is 5.84 Å². The van der Waals surface area contributed by atoms with Crippen molar-refractivity contribution in [2.45, 2.75) is 13.0 Å². The SMILES string of the molecule is NN1CCC(C(=O)OCc2ccccc2)C1. The number of rotatable bonds is 3. The molecule has 0 aliphatic carbocycles. The number of ether oxygens (including phenoxy) is 1. The van der Waals surface area contributed by atoms with Crippen LogP contribution in [-0.4, -0.2) is 24.1 Å². The molecule has 1 saturated heterocycles. The lowest BCUT2D eigenvalue weighted by Crippen LogP contribution is -2.29. The van der Waals surface area contributed by atoms with E-state index in [1.807, 2.05) is 30.3 Å². The fourth-order valence-electron chi connectivity index (χ4n) is 1.83. The van der Waals surface area contributed by atoms with Crippen LogP contribution >= 0.6 is 0 Å². The van der Waals surface area contributed by atoms with Gasteiger partial charge in [-0.3, -0.25) is 10.6 Å². The van der Waals surface area contributed by atoms with Crippen LogP contribution in [0, 0.1) is 5.92 Å². The highest BCUT2D eigenvalue weighted by Gasteiger charge is 2.27. The van der Waals surface area contributed by atoms with Crippen molar-refractivity contribution in [2.75, 3.05) is 13.1 Å². The molecular formula is C12H16N2O2. The van der Waals surface area contributed by atoms with Crippen molar-refractivity contribution < 1.29 is 9.53 Å². The van der Waals surface area contributed by atoms with E-state index < -0.39 is 0 Å². The van der Waals surface area contributed by atoms with Gasteiger partial charge in [-0.15, -0.1) is 0 Å². The monoisotopic (exact) mass is 220 g/mol. The molecule has 4 heteroatoms. The summed E-state index contributed by atoms with van der Waals surface area (Å²) in [5.74, 6) is 5.39. The van der Waals surface area contributed by atoms with Crippen molar-refractivity contribution in [3.63, 3.8) is 0 Å². The number of hydrazine groups is 1. The Kier molecular flexibility index (Phi) is 3.54. The second-order valence-electron chi connectivity index (χ2n) is 4.07. The van der Waals surface area contributed by atoms with Crippen LogP contribution in [0.15, 0.2) is 30.3 Å². The summed E-state index contributed by atoms with van der Waals surface area (Å²) in [6.07, 6.45) is 0.796. The minimum absolute atomic E-state index is 0.0614. The standard InChI is InChI=1S/C12H16N2O2/c13-14-7-6-11(8-14)12(15)16-9-10-4-2-1-3-5-10/h1-5,11H,6-9,13H2. The molecule has 1 heterocycles. The van der Waals surface area contributed by atoms with E-state index in [0.717, 1.165) is 18.5 Å². The molecule has 16 heavy (non-hydrogen) atoms. The van der Waals surface area contributed by atoms with E-state index in [4.69, 9.17) is 10.6 Å². The highest BCUT2D eigenvalue weighted by atomic mass is 16.5. The first-order valence-electron chi connectivity index (χ1n) is 5.46. The highest BCUT2D eigenvalue weighted by Crippen LogP contribution is 2.15. The Balaban J connectivity index is 1.80. The van der Waals surface area contributed by atoms with Gasteiger partial charge in [0.15, 0.2) is 0 Å². The molecule has 1 aromatic rings. The van der Waals surface area contributed by atoms with Crippen molar-refractivity contribution in [2.24, 2.45) is 11.8 Å². The van der Waals surface area contributed by atoms with Gasteiger partial charge in [0, 0.05) is 13.1 Å². The van der Waals surface area contributed by atoms with Crippen molar-refractivity contribution in [1.29, 1.82) is 0 Å². The summed E-state index contributed by atoms with van der Waals surface area (Å²) in [5, 5.41) is 1.66. The van der Waals surface area contributed by atoms with Gasteiger partial charge >= 0.3 is 5.97 Å². The molecule has 1 atom stereocenters. The summed E-state index contributed by atoms with van der Waals surface area (Å²) in [5.41, 5.74) is 1.01. The third-order valence-corrected chi connectivity index (χ3v) is 2.78. The first kappa shape index (κ1) is 11.1. The molecule has 0 radical (unpaired) electrons. The molecule has 0 bridgehead atoms. The number of carbonyl (C=O) groups excluding carboxylic acids is 1. The summed E-state index contributed by atoms with van der Waals surface area (Å²) >= 11 is 0. The van der Waals surface area contributed by atoms with Gasteiger partial charge in [0.25, 0.3) is 0 Å². The number of carbonyl (C=O) groups is 1. The highest BCUT2D eigenvalue weighted by molar-refractivity contribution is 5.73. The summed E-state index contributed by atoms with van der Waals surface area (Å²) in [6, 6.07) is 9.68. The average Bonchev–Trinajstić information content (AvgIpc) is 2.74. The largest absolute Gasteiger partial charge is 0.461 e. The van der Waals surface area contributed by atoms with Gasteiger partial charge < -0.3 is 4.74 Å². The van der Waals surface area contributed by atoms with Crippen molar-refractivity contribution in [3.05, 3.63) is 35.9 Å². The number of nitrogens with zero attached hydrogens (tertiary/aromatic N) is 1. The third kappa shape index (κ3) is 2.81. The fraction of sp³-hybridized carbons (Fsp3) is 0.417. The lowest BCUT2D eigenvalue weighted by Gasteiger charge is -2.10. The normalized spacial score (nSPS) is 20.9. The van der Waals surface area contributed by atoms with Crippen LogP contribution in [0.25, 0.3) is 0 Å². The van der Waals surface area contributed by atoms with Crippen LogP contribution in [0.3, 0.4) is 0 Å². The molecular weight excluding hydrogens is 204 g/mol. The van der Waals surface area contributed by atoms with E-state index >= 15 is 0 Å². The number of benzene rings is 1. The van der Waals surface area contributed by atoms with Crippen LogP contribution in [0.2, 0.25) is 0 Å². The summed E-state index contributed by atoms with van der Waals surface area (Å²) in [4.78, 5) is 11.7. The van der Waals surface area contributed by atoms with Crippen LogP contribution in [0.1, 0.15) is 12.0 Å². The van der Waals surface area contributed by atoms with E-state index in [9.17, 15) is 4.79 Å². The minimum Gasteiger partial charge on any atom is -0.461 e. The first-order chi connectivity index (χ1) is 7.75. The maximum absolute atomic E-state index is 11.7. The number of esters is 1. The second-order valence-corrected chi connectivity index (χ2v) is 4.07. The van der Waals surface area contributed by atoms with Gasteiger partial charge in [0.05, 0.1) is 5.92 Å². The van der Waals surface area contributed by atoms with Gasteiger partial charge in [-0.2, -0.15) is 0 Å². The average molecular weight is 220 g/mol. The molecule has 0 aromatic heterocycles. The smallest absolute Gasteiger partial charge is 0.310 e. The maximum atomic E-state index is 11.7. The molecule has 0 spiro atoms. The van der Waals surface area contributed by atoms with Crippen molar-refractivity contribution in [1.82, 2.24) is 5.01 Å². The number of hydrogen-bond acceptors (Lipinski definition) is 4. The van der Waals surface area contributed by atoms with Crippen LogP contribution in [-0.2, 0) is 16.1 Å². The van der Waals surface area contributed by atoms with E-state index in [1.54, 1.807) is 5.01 Å². The molecule has 2 rings (SSSR count). The fourth-order valence-corrected chi connectivity index (χ4v) is 1.83. The van der Waals surface area contributed by atoms with Gasteiger partial charge in [-0.05, 0) is 12.0 Å². The quantitative estimate of drug-likeness (QED) is 0.608. The van der Waals surface area contributed by atoms with E-state index in [-0.39, 0.29) is 11.9 Å². The van der Waals surface area contributed by atoms with E-state index in [0.29, 0.717) is 13.2 Å². The van der Waals surface area contributed by atoms with E-state index in [1.165, 1.54) is 0 Å². The zero-order valence-corrected chi connectivity index (χ0v) is 9.13. The topological polar surface area (TPSA) is 55.6 Å². The second kappa shape index (κ2) is 5.09. The molecule has 4 nitrogen and oxygen atoms in total. The van der Waals surface area contributed by atoms with E-state index in [2.05, 4.69) is 0 Å². The summed E-state index contributed by atoms with van der Waals surface area (Å²) in [7, 11) is 0. The Bertz CT molecular complexity index is 353. The Labute approximate surface area is 95.0 Å². The number of nitrogens with two attached hydrogens (primary N) is 1. The molecule has 1 unspecified atom stereocenters. The lowest BCUT2D eigenvalue weighted by molar-refractivity contribution is -0.149. The van der Waals surface area contributed by atoms with Gasteiger partial charge in [0.2, 0.25) is 0 Å². The van der Waals surface area contributed by atoms with Crippen LogP contribution in [0.4, 0.5) is 0 Å². The molecule has 1 aromatic carbocycles. The van der Waals surface area contributed by atoms with Gasteiger partial charge in [-0.25, -0.2) is 5.01 Å².